The Morgan fingerprint density at radius 1 is 0.976 bits per heavy atom. The van der Waals surface area contributed by atoms with E-state index in [4.69, 9.17) is 19.9 Å². The number of ketones is 2. The second-order valence-corrected chi connectivity index (χ2v) is 12.6. The number of rotatable bonds is 19. The molecule has 0 saturated carbocycles. The van der Waals surface area contributed by atoms with Gasteiger partial charge in [-0.15, -0.1) is 0 Å². The third-order valence-corrected chi connectivity index (χ3v) is 6.81. The Morgan fingerprint density at radius 2 is 1.57 bits per heavy atom. The van der Waals surface area contributed by atoms with Crippen molar-refractivity contribution in [1.29, 1.82) is 0 Å². The summed E-state index contributed by atoms with van der Waals surface area (Å²) in [5.41, 5.74) is 2.10. The molecular weight excluding hydrogens is 546 g/mol. The average Bonchev–Trinajstić information content (AvgIpc) is 2.87. The van der Waals surface area contributed by atoms with E-state index in [9.17, 15) is 24.5 Å². The molecule has 238 valence electrons. The molecular formula is C29H49N5O8. The first-order chi connectivity index (χ1) is 19.2. The number of hydrogen-bond acceptors (Lipinski definition) is 11. The lowest BCUT2D eigenvalue weighted by Gasteiger charge is -2.37. The molecule has 13 heteroatoms. The Hall–Kier alpha value is -2.97. The number of benzene rings is 1. The first-order valence-corrected chi connectivity index (χ1v) is 13.9. The molecule has 0 bridgehead atoms. The van der Waals surface area contributed by atoms with E-state index < -0.39 is 33.3 Å². The zero-order valence-electron chi connectivity index (χ0n) is 26.5. The van der Waals surface area contributed by atoms with E-state index in [1.807, 2.05) is 27.7 Å². The molecule has 0 aliphatic heterocycles. The molecule has 1 aromatic carbocycles. The summed E-state index contributed by atoms with van der Waals surface area (Å²) in [5.74, 6) is -0.0562. The number of nitro groups is 1. The number of Topliss-reactive ketones (excluding diaryl/α,β-unsaturated/α-hetero) is 2. The SMILES string of the molecule is CN(CC(=O)C(C)(C)NCCCN)C(C)(C)C(=O)COCC(C)(C)OC(C)(C)CNC(=O)Oc1ccc([N+](=O)[O-])cc1. The molecule has 0 heterocycles. The summed E-state index contributed by atoms with van der Waals surface area (Å²) in [6.45, 7) is 15.6. The van der Waals surface area contributed by atoms with Gasteiger partial charge in [0, 0.05) is 18.7 Å². The fraction of sp³-hybridized carbons (Fsp3) is 0.690. The van der Waals surface area contributed by atoms with Crippen LogP contribution in [-0.4, -0.2) is 96.2 Å². The van der Waals surface area contributed by atoms with E-state index in [1.165, 1.54) is 24.3 Å². The second-order valence-electron chi connectivity index (χ2n) is 12.6. The van der Waals surface area contributed by atoms with Gasteiger partial charge in [-0.05, 0) is 94.1 Å². The predicted octanol–water partition coefficient (Wildman–Crippen LogP) is 2.84. The zero-order chi connectivity index (χ0) is 32.4. The van der Waals surface area contributed by atoms with Gasteiger partial charge in [0.25, 0.3) is 5.69 Å². The molecule has 4 N–H and O–H groups in total. The molecule has 0 aliphatic carbocycles. The first-order valence-electron chi connectivity index (χ1n) is 13.9. The van der Waals surface area contributed by atoms with Crippen molar-refractivity contribution in [2.45, 2.75) is 84.1 Å². The highest BCUT2D eigenvalue weighted by atomic mass is 16.6. The molecule has 0 spiro atoms. The monoisotopic (exact) mass is 595 g/mol. The van der Waals surface area contributed by atoms with Crippen LogP contribution in [0, 0.1) is 10.1 Å². The number of ether oxygens (including phenoxy) is 3. The molecule has 0 aromatic heterocycles. The fourth-order valence-corrected chi connectivity index (χ4v) is 3.87. The van der Waals surface area contributed by atoms with Gasteiger partial charge in [0.05, 0.1) is 40.4 Å². The number of likely N-dealkylation sites (N-methyl/N-ethyl adjacent to an activating group) is 1. The lowest BCUT2D eigenvalue weighted by Crippen LogP contribution is -2.56. The summed E-state index contributed by atoms with van der Waals surface area (Å²) in [6, 6.07) is 5.15. The van der Waals surface area contributed by atoms with E-state index >= 15 is 0 Å². The van der Waals surface area contributed by atoms with Gasteiger partial charge in [-0.3, -0.25) is 24.6 Å². The van der Waals surface area contributed by atoms with Gasteiger partial charge in [-0.25, -0.2) is 4.79 Å². The van der Waals surface area contributed by atoms with Crippen LogP contribution in [0.5, 0.6) is 5.75 Å². The average molecular weight is 596 g/mol. The van der Waals surface area contributed by atoms with Crippen molar-refractivity contribution >= 4 is 23.3 Å². The highest BCUT2D eigenvalue weighted by Crippen LogP contribution is 2.22. The third kappa shape index (κ3) is 12.5. The minimum atomic E-state index is -0.943. The van der Waals surface area contributed by atoms with Crippen LogP contribution >= 0.6 is 0 Å². The molecule has 42 heavy (non-hydrogen) atoms. The maximum absolute atomic E-state index is 13.1. The van der Waals surface area contributed by atoms with Crippen LogP contribution in [0.15, 0.2) is 24.3 Å². The number of nitrogens with zero attached hydrogens (tertiary/aromatic N) is 2. The van der Waals surface area contributed by atoms with Gasteiger partial charge < -0.3 is 30.6 Å². The number of nitro benzene ring substituents is 1. The highest BCUT2D eigenvalue weighted by Gasteiger charge is 2.37. The predicted molar refractivity (Wildman–Crippen MR) is 160 cm³/mol. The largest absolute Gasteiger partial charge is 0.412 e. The van der Waals surface area contributed by atoms with E-state index in [0.717, 1.165) is 6.42 Å². The van der Waals surface area contributed by atoms with Gasteiger partial charge in [0.2, 0.25) is 0 Å². The van der Waals surface area contributed by atoms with Gasteiger partial charge in [0.1, 0.15) is 12.4 Å². The lowest BCUT2D eigenvalue weighted by atomic mass is 9.93. The molecule has 0 atom stereocenters. The summed E-state index contributed by atoms with van der Waals surface area (Å²) in [4.78, 5) is 50.1. The molecule has 0 fully saturated rings. The molecule has 0 radical (unpaired) electrons. The quantitative estimate of drug-likeness (QED) is 0.122. The van der Waals surface area contributed by atoms with Crippen LogP contribution in [0.4, 0.5) is 10.5 Å². The highest BCUT2D eigenvalue weighted by molar-refractivity contribution is 5.92. The van der Waals surface area contributed by atoms with Crippen molar-refractivity contribution in [3.8, 4) is 5.75 Å². The van der Waals surface area contributed by atoms with Gasteiger partial charge in [-0.2, -0.15) is 0 Å². The summed E-state index contributed by atoms with van der Waals surface area (Å²) in [7, 11) is 1.74. The Kier molecular flexibility index (Phi) is 13.7. The summed E-state index contributed by atoms with van der Waals surface area (Å²) in [6.07, 6.45) is 0.0260. The number of hydrogen-bond donors (Lipinski definition) is 3. The van der Waals surface area contributed by atoms with E-state index in [2.05, 4.69) is 10.6 Å². The Morgan fingerprint density at radius 3 is 2.12 bits per heavy atom. The van der Waals surface area contributed by atoms with Crippen molar-refractivity contribution in [3.63, 3.8) is 0 Å². The van der Waals surface area contributed by atoms with Gasteiger partial charge in [0.15, 0.2) is 11.6 Å². The summed E-state index contributed by atoms with van der Waals surface area (Å²) < 4.78 is 17.1. The van der Waals surface area contributed by atoms with Crippen LogP contribution in [0.3, 0.4) is 0 Å². The van der Waals surface area contributed by atoms with Crippen molar-refractivity contribution in [2.75, 3.05) is 46.4 Å². The van der Waals surface area contributed by atoms with Crippen molar-refractivity contribution in [1.82, 2.24) is 15.5 Å². The number of non-ortho nitro benzene ring substituents is 1. The van der Waals surface area contributed by atoms with Crippen molar-refractivity contribution in [3.05, 3.63) is 34.4 Å². The Labute approximate surface area is 249 Å². The van der Waals surface area contributed by atoms with Gasteiger partial charge >= 0.3 is 6.09 Å². The smallest absolute Gasteiger partial charge is 0.410 e. The second kappa shape index (κ2) is 15.5. The number of nitrogens with one attached hydrogen (secondary N) is 2. The minimum absolute atomic E-state index is 0.0363. The van der Waals surface area contributed by atoms with Crippen LogP contribution in [0.25, 0.3) is 0 Å². The minimum Gasteiger partial charge on any atom is -0.410 e. The van der Waals surface area contributed by atoms with Crippen molar-refractivity contribution in [2.24, 2.45) is 5.73 Å². The molecule has 0 aliphatic rings. The number of carbonyl (C=O) groups is 3. The molecule has 13 nitrogen and oxygen atoms in total. The Balaban J connectivity index is 2.56. The molecule has 1 aromatic rings. The van der Waals surface area contributed by atoms with E-state index in [0.29, 0.717) is 13.1 Å². The van der Waals surface area contributed by atoms with E-state index in [-0.39, 0.29) is 49.3 Å². The van der Waals surface area contributed by atoms with Crippen LogP contribution < -0.4 is 21.1 Å². The fourth-order valence-electron chi connectivity index (χ4n) is 3.87. The number of amides is 1. The molecule has 0 saturated heterocycles. The van der Waals surface area contributed by atoms with Crippen LogP contribution in [-0.2, 0) is 19.1 Å². The van der Waals surface area contributed by atoms with Gasteiger partial charge in [-0.1, -0.05) is 0 Å². The molecule has 0 unspecified atom stereocenters. The number of nitrogens with two attached hydrogens (primary N) is 1. The summed E-state index contributed by atoms with van der Waals surface area (Å²) in [5, 5.41) is 16.6. The maximum atomic E-state index is 13.1. The molecule has 1 amide bonds. The lowest BCUT2D eigenvalue weighted by molar-refractivity contribution is -0.384. The number of carbonyl (C=O) groups excluding carboxylic acids is 3. The zero-order valence-corrected chi connectivity index (χ0v) is 26.5. The Bertz CT molecular complexity index is 1070. The van der Waals surface area contributed by atoms with E-state index in [1.54, 1.807) is 39.6 Å². The topological polar surface area (TPSA) is 175 Å². The standard InChI is InChI=1S/C29H49N5O8/c1-26(2,19-31-25(37)41-22-13-11-21(12-14-22)34(38)39)42-27(3,4)20-40-18-24(36)29(7,8)33(9)17-23(35)28(5,6)32-16-10-15-30/h11-14,32H,10,15-20,30H2,1-9H3,(H,31,37). The van der Waals surface area contributed by atoms with Crippen molar-refractivity contribution < 1.29 is 33.5 Å². The molecule has 1 rings (SSSR count). The normalized spacial score (nSPS) is 12.7. The maximum Gasteiger partial charge on any atom is 0.412 e. The first kappa shape index (κ1) is 37.1. The van der Waals surface area contributed by atoms with Crippen LogP contribution in [0.2, 0.25) is 0 Å². The van der Waals surface area contributed by atoms with Crippen LogP contribution in [0.1, 0.15) is 61.8 Å². The summed E-state index contributed by atoms with van der Waals surface area (Å²) >= 11 is 0. The third-order valence-electron chi connectivity index (χ3n) is 6.81.